The Morgan fingerprint density at radius 2 is 1.71 bits per heavy atom. The Hall–Kier alpha value is -2.63. The summed E-state index contributed by atoms with van der Waals surface area (Å²) in [6, 6.07) is 0. The first kappa shape index (κ1) is 23.6. The largest absolute Gasteiger partial charge is 0.311 e. The number of rotatable bonds is 3. The molecule has 1 rings (SSSR count). The number of amidine groups is 2. The first-order valence-corrected chi connectivity index (χ1v) is 7.21. The number of hydrogen-bond donors (Lipinski definition) is 4. The highest BCUT2D eigenvalue weighted by Gasteiger charge is 2.03. The van der Waals surface area contributed by atoms with Crippen LogP contribution in [-0.2, 0) is 14.1 Å². The van der Waals surface area contributed by atoms with Crippen LogP contribution in [0.4, 0.5) is 0 Å². The van der Waals surface area contributed by atoms with Crippen molar-refractivity contribution in [2.24, 2.45) is 34.5 Å². The van der Waals surface area contributed by atoms with Gasteiger partial charge in [0.15, 0.2) is 5.84 Å². The fraction of sp³-hybridized carbons (Fsp3) is 0.750. The summed E-state index contributed by atoms with van der Waals surface area (Å²) in [6.45, 7) is 5.48. The van der Waals surface area contributed by atoms with Gasteiger partial charge in [-0.05, 0) is 23.7 Å². The molecule has 138 valence electrons. The highest BCUT2D eigenvalue weighted by molar-refractivity contribution is 5.79. The van der Waals surface area contributed by atoms with Crippen LogP contribution in [0.1, 0.15) is 19.7 Å². The second-order valence-corrected chi connectivity index (χ2v) is 4.20. The summed E-state index contributed by atoms with van der Waals surface area (Å²) < 4.78 is 0. The van der Waals surface area contributed by atoms with E-state index in [4.69, 9.17) is 0 Å². The zero-order valence-electron chi connectivity index (χ0n) is 16.1. The summed E-state index contributed by atoms with van der Waals surface area (Å²) in [5, 5.41) is 22.6. The number of hydrogen-bond acceptors (Lipinski definition) is 8. The quantitative estimate of drug-likeness (QED) is 0.180. The summed E-state index contributed by atoms with van der Waals surface area (Å²) in [5.74, 6) is 2.25. The van der Waals surface area contributed by atoms with E-state index >= 15 is 0 Å². The Morgan fingerprint density at radius 1 is 1.12 bits per heavy atom. The van der Waals surface area contributed by atoms with Crippen LogP contribution in [0.5, 0.6) is 0 Å². The second kappa shape index (κ2) is 15.3. The van der Waals surface area contributed by atoms with Crippen molar-refractivity contribution in [1.29, 1.82) is 0 Å². The molecule has 0 amide bonds. The van der Waals surface area contributed by atoms with Crippen molar-refractivity contribution in [2.75, 3.05) is 28.2 Å². The Morgan fingerprint density at radius 3 is 2.00 bits per heavy atom. The number of hydrazone groups is 2. The van der Waals surface area contributed by atoms with Gasteiger partial charge in [0.1, 0.15) is 12.9 Å². The summed E-state index contributed by atoms with van der Waals surface area (Å²) in [6.07, 6.45) is 0. The Balaban J connectivity index is 0. The zero-order chi connectivity index (χ0) is 19.0. The van der Waals surface area contributed by atoms with Crippen molar-refractivity contribution in [2.45, 2.75) is 20.8 Å². The maximum Gasteiger partial charge on any atom is 0.305 e. The molecule has 0 aliphatic heterocycles. The van der Waals surface area contributed by atoms with Crippen molar-refractivity contribution < 1.29 is 4.80 Å². The lowest BCUT2D eigenvalue weighted by Crippen LogP contribution is -2.40. The van der Waals surface area contributed by atoms with Crippen molar-refractivity contribution >= 4 is 11.7 Å². The minimum Gasteiger partial charge on any atom is -0.311 e. The van der Waals surface area contributed by atoms with Crippen molar-refractivity contribution in [1.82, 2.24) is 36.7 Å². The normalized spacial score (nSPS) is 11.2. The number of tetrazole rings is 1. The predicted molar refractivity (Wildman–Crippen MR) is 94.2 cm³/mol. The number of hydrazine groups is 1. The Bertz CT molecular complexity index is 497. The van der Waals surface area contributed by atoms with Crippen LogP contribution in [0, 0.1) is 6.92 Å². The van der Waals surface area contributed by atoms with E-state index in [-0.39, 0.29) is 0 Å². The Kier molecular flexibility index (Phi) is 15.0. The molecule has 1 aromatic rings. The first-order valence-electron chi connectivity index (χ1n) is 7.21. The Labute approximate surface area is 143 Å². The average molecular weight is 343 g/mol. The van der Waals surface area contributed by atoms with Gasteiger partial charge in [0.05, 0.1) is 12.1 Å². The van der Waals surface area contributed by atoms with Crippen molar-refractivity contribution in [3.8, 4) is 0 Å². The van der Waals surface area contributed by atoms with Gasteiger partial charge in [-0.25, -0.2) is 5.43 Å². The topological polar surface area (TPSA) is 132 Å². The van der Waals surface area contributed by atoms with Crippen LogP contribution < -0.4 is 26.5 Å². The van der Waals surface area contributed by atoms with Crippen molar-refractivity contribution in [3.63, 3.8) is 0 Å². The summed E-state index contributed by atoms with van der Waals surface area (Å²) >= 11 is 0. The fourth-order valence-corrected chi connectivity index (χ4v) is 1.27. The third-order valence-electron chi connectivity index (χ3n) is 2.10. The molecule has 0 bridgehead atoms. The third kappa shape index (κ3) is 14.3. The monoisotopic (exact) mass is 343 g/mol. The molecule has 0 aliphatic rings. The van der Waals surface area contributed by atoms with Gasteiger partial charge in [0, 0.05) is 35.1 Å². The highest BCUT2D eigenvalue weighted by atomic mass is 15.6. The van der Waals surface area contributed by atoms with E-state index in [1.54, 1.807) is 44.7 Å². The number of nitrogens with zero attached hydrogens (tertiary/aromatic N) is 8. The molecular formula is C12H31N12+. The summed E-state index contributed by atoms with van der Waals surface area (Å²) in [4.78, 5) is 3.35. The molecule has 0 spiro atoms. The maximum atomic E-state index is 3.98. The van der Waals surface area contributed by atoms with E-state index in [0.717, 1.165) is 11.7 Å². The summed E-state index contributed by atoms with van der Waals surface area (Å²) in [7, 11) is 10.6. The molecular weight excluding hydrogens is 312 g/mol. The standard InChI is InChI=1S/C4H9N4.C4H12N4.C4H10N4/c1-4-5-7(2)8(3)6-4;2*1-4(7-5-2)8-6-3/h1-3H3;5-6H,1-3H3,(H,7,8);5H,1-3H3/q+1;;/b;;7-4-,8-6?. The molecule has 12 nitrogen and oxygen atoms in total. The van der Waals surface area contributed by atoms with E-state index in [1.807, 2.05) is 27.9 Å². The molecule has 0 saturated carbocycles. The van der Waals surface area contributed by atoms with E-state index in [2.05, 4.69) is 52.3 Å². The molecule has 0 unspecified atom stereocenters. The minimum atomic E-state index is 0.634. The van der Waals surface area contributed by atoms with Gasteiger partial charge in [-0.15, -0.1) is 5.11 Å². The van der Waals surface area contributed by atoms with Crippen LogP contribution in [0.25, 0.3) is 0 Å². The lowest BCUT2D eigenvalue weighted by atomic mass is 10.7. The highest BCUT2D eigenvalue weighted by Crippen LogP contribution is 1.75. The predicted octanol–water partition coefficient (Wildman–Crippen LogP) is -1.17. The fourth-order valence-electron chi connectivity index (χ4n) is 1.27. The molecule has 0 radical (unpaired) electrons. The smallest absolute Gasteiger partial charge is 0.305 e. The van der Waals surface area contributed by atoms with Crippen LogP contribution >= 0.6 is 0 Å². The van der Waals surface area contributed by atoms with Gasteiger partial charge in [-0.2, -0.15) is 15.3 Å². The van der Waals surface area contributed by atoms with E-state index in [0.29, 0.717) is 5.84 Å². The van der Waals surface area contributed by atoms with E-state index in [1.165, 1.54) is 0 Å². The molecule has 4 N–H and O–H groups in total. The van der Waals surface area contributed by atoms with E-state index < -0.39 is 0 Å². The lowest BCUT2D eigenvalue weighted by molar-refractivity contribution is -0.807. The minimum absolute atomic E-state index is 0.634. The lowest BCUT2D eigenvalue weighted by Gasteiger charge is -2.00. The molecule has 1 heterocycles. The number of aromatic nitrogens is 4. The van der Waals surface area contributed by atoms with Crippen molar-refractivity contribution in [3.05, 3.63) is 5.82 Å². The molecule has 24 heavy (non-hydrogen) atoms. The number of nitrogens with one attached hydrogen (secondary N) is 4. The van der Waals surface area contributed by atoms with Gasteiger partial charge < -0.3 is 16.3 Å². The first-order chi connectivity index (χ1) is 11.3. The van der Waals surface area contributed by atoms with E-state index in [9.17, 15) is 0 Å². The van der Waals surface area contributed by atoms with Crippen LogP contribution in [0.3, 0.4) is 0 Å². The van der Waals surface area contributed by atoms with Gasteiger partial charge in [0.25, 0.3) is 0 Å². The third-order valence-corrected chi connectivity index (χ3v) is 2.10. The molecule has 0 fully saturated rings. The molecule has 12 heteroatoms. The average Bonchev–Trinajstić information content (AvgIpc) is 2.78. The SMILES string of the molecule is CN/N=C(/C)NNC.CN=N/C(C)=N\NC.Cc1nn(C)[n+](C)n1. The molecule has 0 saturated heterocycles. The van der Waals surface area contributed by atoms with Crippen LogP contribution in [0.2, 0.25) is 0 Å². The van der Waals surface area contributed by atoms with Gasteiger partial charge in [-0.1, -0.05) is 4.80 Å². The number of aryl methyl sites for hydroxylation is 3. The zero-order valence-corrected chi connectivity index (χ0v) is 16.1. The molecule has 0 aromatic carbocycles. The molecule has 0 aliphatic carbocycles. The second-order valence-electron chi connectivity index (χ2n) is 4.20. The number of azo groups is 1. The molecule has 0 atom stereocenters. The summed E-state index contributed by atoms with van der Waals surface area (Å²) in [5.41, 5.74) is 10.7. The van der Waals surface area contributed by atoms with Gasteiger partial charge in [-0.3, -0.25) is 0 Å². The van der Waals surface area contributed by atoms with Gasteiger partial charge in [0.2, 0.25) is 0 Å². The van der Waals surface area contributed by atoms with Crippen LogP contribution in [-0.4, -0.2) is 54.9 Å². The maximum absolute atomic E-state index is 3.98. The molecule has 1 aromatic heterocycles. The van der Waals surface area contributed by atoms with Gasteiger partial charge >= 0.3 is 5.82 Å². The van der Waals surface area contributed by atoms with Crippen LogP contribution in [0.15, 0.2) is 20.4 Å².